The smallest absolute Gasteiger partial charge is 0.338 e. The summed E-state index contributed by atoms with van der Waals surface area (Å²) in [7, 11) is 0. The van der Waals surface area contributed by atoms with Gasteiger partial charge in [0.15, 0.2) is 0 Å². The molecule has 136 valence electrons. The van der Waals surface area contributed by atoms with Crippen molar-refractivity contribution in [1.29, 1.82) is 0 Å². The first kappa shape index (κ1) is 18.6. The molecular weight excluding hydrogens is 398 g/mol. The lowest BCUT2D eigenvalue weighted by atomic mass is 10.0. The van der Waals surface area contributed by atoms with Crippen LogP contribution < -0.4 is 16.2 Å². The highest BCUT2D eigenvalue weighted by atomic mass is 79.9. The van der Waals surface area contributed by atoms with Crippen LogP contribution in [0.5, 0.6) is 0 Å². The number of carbonyl (C=O) groups is 2. The summed E-state index contributed by atoms with van der Waals surface area (Å²) in [4.78, 5) is 24.1. The highest BCUT2D eigenvalue weighted by Gasteiger charge is 2.30. The first-order valence-electron chi connectivity index (χ1n) is 8.41. The Balaban J connectivity index is 1.57. The van der Waals surface area contributed by atoms with Crippen LogP contribution in [0.25, 0.3) is 0 Å². The molecule has 2 atom stereocenters. The summed E-state index contributed by atoms with van der Waals surface area (Å²) in [5.41, 5.74) is 8.41. The van der Waals surface area contributed by atoms with Gasteiger partial charge in [0.25, 0.3) is 0 Å². The average molecular weight is 418 g/mol. The number of benzene rings is 2. The summed E-state index contributed by atoms with van der Waals surface area (Å²) < 4.78 is 5.96. The molecule has 3 rings (SSSR count). The molecule has 0 saturated carbocycles. The lowest BCUT2D eigenvalue weighted by molar-refractivity contribution is -0.117. The molecular formula is C19H20BrN3O3. The molecule has 0 bridgehead atoms. The second-order valence-corrected chi connectivity index (χ2v) is 6.88. The van der Waals surface area contributed by atoms with Gasteiger partial charge < -0.3 is 10.1 Å². The number of halogens is 1. The number of hydrazine groups is 1. The topological polar surface area (TPSA) is 79.5 Å². The second-order valence-electron chi connectivity index (χ2n) is 5.97. The molecule has 6 nitrogen and oxygen atoms in total. The number of anilines is 1. The predicted octanol–water partition coefficient (Wildman–Crippen LogP) is 3.17. The van der Waals surface area contributed by atoms with E-state index in [1.807, 2.05) is 24.3 Å². The van der Waals surface area contributed by atoms with Gasteiger partial charge in [-0.05, 0) is 55.3 Å². The van der Waals surface area contributed by atoms with E-state index in [1.165, 1.54) is 0 Å². The molecule has 1 aliphatic rings. The lowest BCUT2D eigenvalue weighted by Gasteiger charge is -2.11. The summed E-state index contributed by atoms with van der Waals surface area (Å²) in [6.45, 7) is 2.09. The van der Waals surface area contributed by atoms with E-state index in [4.69, 9.17) is 4.74 Å². The minimum absolute atomic E-state index is 0.0741. The van der Waals surface area contributed by atoms with Gasteiger partial charge in [-0.2, -0.15) is 0 Å². The Bertz CT molecular complexity index is 778. The highest BCUT2D eigenvalue weighted by molar-refractivity contribution is 9.10. The monoisotopic (exact) mass is 417 g/mol. The average Bonchev–Trinajstić information content (AvgIpc) is 3.13. The standard InChI is InChI=1S/C19H20BrN3O3/c1-2-26-19(25)13-5-9-15(10-6-13)21-18(24)17-11-16(22-23-17)12-3-7-14(20)8-4-12/h3-10,16-17,22-23H,2,11H2,1H3,(H,21,24). The van der Waals surface area contributed by atoms with Crippen LogP contribution in [0, 0.1) is 0 Å². The first-order valence-corrected chi connectivity index (χ1v) is 9.20. The highest BCUT2D eigenvalue weighted by Crippen LogP contribution is 2.24. The summed E-state index contributed by atoms with van der Waals surface area (Å²) in [5.74, 6) is -0.495. The molecule has 2 unspecified atom stereocenters. The maximum absolute atomic E-state index is 12.5. The van der Waals surface area contributed by atoms with E-state index in [-0.39, 0.29) is 24.0 Å². The minimum atomic E-state index is -0.371. The van der Waals surface area contributed by atoms with Gasteiger partial charge in [0.2, 0.25) is 5.91 Å². The molecule has 7 heteroatoms. The first-order chi connectivity index (χ1) is 12.6. The van der Waals surface area contributed by atoms with Crippen LogP contribution in [-0.2, 0) is 9.53 Å². The summed E-state index contributed by atoms with van der Waals surface area (Å²) in [5, 5.41) is 2.86. The third-order valence-electron chi connectivity index (χ3n) is 4.16. The number of hydrogen-bond acceptors (Lipinski definition) is 5. The van der Waals surface area contributed by atoms with Crippen molar-refractivity contribution in [2.24, 2.45) is 0 Å². The third kappa shape index (κ3) is 4.49. The molecule has 1 amide bonds. The van der Waals surface area contributed by atoms with E-state index in [0.29, 0.717) is 24.3 Å². The van der Waals surface area contributed by atoms with E-state index in [0.717, 1.165) is 10.0 Å². The van der Waals surface area contributed by atoms with Crippen molar-refractivity contribution in [3.8, 4) is 0 Å². The van der Waals surface area contributed by atoms with Crippen LogP contribution in [0.2, 0.25) is 0 Å². The number of ether oxygens (including phenoxy) is 1. The molecule has 0 aliphatic carbocycles. The lowest BCUT2D eigenvalue weighted by Crippen LogP contribution is -2.39. The van der Waals surface area contributed by atoms with Crippen LogP contribution >= 0.6 is 15.9 Å². The summed E-state index contributed by atoms with van der Waals surface area (Å²) in [6, 6.07) is 14.4. The Morgan fingerprint density at radius 2 is 1.81 bits per heavy atom. The van der Waals surface area contributed by atoms with E-state index < -0.39 is 0 Å². The molecule has 0 radical (unpaired) electrons. The van der Waals surface area contributed by atoms with Crippen molar-refractivity contribution >= 4 is 33.5 Å². The molecule has 3 N–H and O–H groups in total. The zero-order valence-corrected chi connectivity index (χ0v) is 15.9. The summed E-state index contributed by atoms with van der Waals surface area (Å²) in [6.07, 6.45) is 0.647. The van der Waals surface area contributed by atoms with E-state index >= 15 is 0 Å². The second kappa shape index (κ2) is 8.44. The Labute approximate surface area is 160 Å². The van der Waals surface area contributed by atoms with Crippen molar-refractivity contribution in [2.75, 3.05) is 11.9 Å². The quantitative estimate of drug-likeness (QED) is 0.651. The van der Waals surface area contributed by atoms with Crippen molar-refractivity contribution < 1.29 is 14.3 Å². The van der Waals surface area contributed by atoms with Crippen LogP contribution in [0.3, 0.4) is 0 Å². The molecule has 1 saturated heterocycles. The largest absolute Gasteiger partial charge is 0.462 e. The van der Waals surface area contributed by atoms with Crippen LogP contribution in [0.4, 0.5) is 5.69 Å². The fourth-order valence-electron chi connectivity index (χ4n) is 2.78. The maximum Gasteiger partial charge on any atom is 0.338 e. The Hall–Kier alpha value is -2.22. The molecule has 0 aromatic heterocycles. The van der Waals surface area contributed by atoms with Crippen molar-refractivity contribution in [3.05, 3.63) is 64.1 Å². The van der Waals surface area contributed by atoms with Crippen molar-refractivity contribution in [2.45, 2.75) is 25.4 Å². The summed E-state index contributed by atoms with van der Waals surface area (Å²) >= 11 is 3.42. The van der Waals surface area contributed by atoms with E-state index in [1.54, 1.807) is 31.2 Å². The van der Waals surface area contributed by atoms with Crippen LogP contribution in [-0.4, -0.2) is 24.5 Å². The van der Waals surface area contributed by atoms with Gasteiger partial charge in [0, 0.05) is 16.2 Å². The number of hydrogen-bond donors (Lipinski definition) is 3. The van der Waals surface area contributed by atoms with Crippen LogP contribution in [0.1, 0.15) is 35.3 Å². The fraction of sp³-hybridized carbons (Fsp3) is 0.263. The Morgan fingerprint density at radius 1 is 1.12 bits per heavy atom. The SMILES string of the molecule is CCOC(=O)c1ccc(NC(=O)C2CC(c3ccc(Br)cc3)NN2)cc1. The maximum atomic E-state index is 12.5. The number of esters is 1. The normalized spacial score (nSPS) is 19.2. The number of nitrogens with one attached hydrogen (secondary N) is 3. The van der Waals surface area contributed by atoms with Gasteiger partial charge >= 0.3 is 5.97 Å². The predicted molar refractivity (Wildman–Crippen MR) is 103 cm³/mol. The number of rotatable bonds is 5. The van der Waals surface area contributed by atoms with Gasteiger partial charge in [0.1, 0.15) is 6.04 Å². The zero-order valence-electron chi connectivity index (χ0n) is 14.3. The van der Waals surface area contributed by atoms with Gasteiger partial charge in [-0.1, -0.05) is 28.1 Å². The van der Waals surface area contributed by atoms with Gasteiger partial charge in [-0.15, -0.1) is 0 Å². The molecule has 2 aromatic carbocycles. The number of amides is 1. The van der Waals surface area contributed by atoms with Gasteiger partial charge in [-0.3, -0.25) is 4.79 Å². The zero-order chi connectivity index (χ0) is 18.5. The van der Waals surface area contributed by atoms with Crippen LogP contribution in [0.15, 0.2) is 53.0 Å². The van der Waals surface area contributed by atoms with Crippen molar-refractivity contribution in [3.63, 3.8) is 0 Å². The molecule has 1 fully saturated rings. The van der Waals surface area contributed by atoms with E-state index in [9.17, 15) is 9.59 Å². The molecule has 1 aliphatic heterocycles. The van der Waals surface area contributed by atoms with Gasteiger partial charge in [-0.25, -0.2) is 15.6 Å². The molecule has 1 heterocycles. The molecule has 26 heavy (non-hydrogen) atoms. The Morgan fingerprint density at radius 3 is 2.46 bits per heavy atom. The van der Waals surface area contributed by atoms with Crippen molar-refractivity contribution in [1.82, 2.24) is 10.9 Å². The number of carbonyl (C=O) groups excluding carboxylic acids is 2. The minimum Gasteiger partial charge on any atom is -0.462 e. The van der Waals surface area contributed by atoms with E-state index in [2.05, 4.69) is 32.1 Å². The molecule has 2 aromatic rings. The fourth-order valence-corrected chi connectivity index (χ4v) is 3.04. The van der Waals surface area contributed by atoms with Gasteiger partial charge in [0.05, 0.1) is 12.2 Å². The third-order valence-corrected chi connectivity index (χ3v) is 4.68. The molecule has 0 spiro atoms. The Kier molecular flexibility index (Phi) is 6.03.